The Balaban J connectivity index is 1.56. The van der Waals surface area contributed by atoms with Gasteiger partial charge < -0.3 is 25.0 Å². The number of amides is 1. The monoisotopic (exact) mass is 424 g/mol. The Morgan fingerprint density at radius 1 is 1.16 bits per heavy atom. The van der Waals surface area contributed by atoms with Crippen LogP contribution in [0.25, 0.3) is 0 Å². The van der Waals surface area contributed by atoms with Gasteiger partial charge >= 0.3 is 0 Å². The zero-order valence-corrected chi connectivity index (χ0v) is 18.6. The van der Waals surface area contributed by atoms with Crippen LogP contribution in [0.1, 0.15) is 30.4 Å². The first-order chi connectivity index (χ1) is 15.1. The molecule has 7 nitrogen and oxygen atoms in total. The van der Waals surface area contributed by atoms with Crippen molar-refractivity contribution in [2.24, 2.45) is 4.99 Å². The van der Waals surface area contributed by atoms with Gasteiger partial charge in [0.2, 0.25) is 0 Å². The summed E-state index contributed by atoms with van der Waals surface area (Å²) in [5.74, 6) is 2.42. The molecule has 166 valence electrons. The first kappa shape index (κ1) is 22.5. The Bertz CT molecular complexity index is 886. The number of rotatable bonds is 8. The molecule has 3 rings (SSSR count). The molecular weight excluding hydrogens is 392 g/mol. The van der Waals surface area contributed by atoms with Crippen molar-refractivity contribution in [2.45, 2.75) is 25.8 Å². The van der Waals surface area contributed by atoms with E-state index in [9.17, 15) is 4.79 Å². The molecule has 0 spiro atoms. The first-order valence-corrected chi connectivity index (χ1v) is 10.7. The minimum absolute atomic E-state index is 0.0357. The van der Waals surface area contributed by atoms with Crippen LogP contribution in [0.15, 0.2) is 53.5 Å². The molecule has 0 bridgehead atoms. The van der Waals surface area contributed by atoms with Gasteiger partial charge in [-0.15, -0.1) is 0 Å². The smallest absolute Gasteiger partial charge is 0.257 e. The number of ether oxygens (including phenoxy) is 2. The third-order valence-corrected chi connectivity index (χ3v) is 5.38. The fraction of sp³-hybridized carbons (Fsp3) is 0.417. The Labute approximate surface area is 184 Å². The summed E-state index contributed by atoms with van der Waals surface area (Å²) in [6.45, 7) is 4.97. The topological polar surface area (TPSA) is 75.2 Å². The number of nitrogens with one attached hydrogen (secondary N) is 2. The second-order valence-corrected chi connectivity index (χ2v) is 7.47. The lowest BCUT2D eigenvalue weighted by Crippen LogP contribution is -2.39. The van der Waals surface area contributed by atoms with E-state index in [-0.39, 0.29) is 12.5 Å². The van der Waals surface area contributed by atoms with Gasteiger partial charge in [0.15, 0.2) is 24.1 Å². The fourth-order valence-electron chi connectivity index (χ4n) is 3.80. The highest BCUT2D eigenvalue weighted by Crippen LogP contribution is 2.29. The molecular formula is C24H32N4O3. The predicted octanol–water partition coefficient (Wildman–Crippen LogP) is 2.78. The molecule has 0 aromatic heterocycles. The van der Waals surface area contributed by atoms with Gasteiger partial charge in [0.25, 0.3) is 5.91 Å². The predicted molar refractivity (Wildman–Crippen MR) is 123 cm³/mol. The van der Waals surface area contributed by atoms with Crippen LogP contribution in [0, 0.1) is 0 Å². The lowest BCUT2D eigenvalue weighted by atomic mass is 9.99. The van der Waals surface area contributed by atoms with Gasteiger partial charge in [-0.25, -0.2) is 0 Å². The maximum atomic E-state index is 11.6. The van der Waals surface area contributed by atoms with Crippen LogP contribution in [-0.2, 0) is 11.3 Å². The number of aliphatic imine (C=N–C) groups is 1. The maximum Gasteiger partial charge on any atom is 0.257 e. The van der Waals surface area contributed by atoms with Crippen LogP contribution in [0.2, 0.25) is 0 Å². The number of likely N-dealkylation sites (tertiary alicyclic amines) is 1. The zero-order chi connectivity index (χ0) is 22.1. The van der Waals surface area contributed by atoms with Crippen molar-refractivity contribution in [3.63, 3.8) is 0 Å². The van der Waals surface area contributed by atoms with Crippen molar-refractivity contribution < 1.29 is 14.3 Å². The molecule has 1 unspecified atom stereocenters. The first-order valence-electron chi connectivity index (χ1n) is 10.7. The summed E-state index contributed by atoms with van der Waals surface area (Å²) in [5, 5.41) is 6.16. The number of benzene rings is 2. The molecule has 0 saturated carbocycles. The van der Waals surface area contributed by atoms with E-state index in [0.717, 1.165) is 31.0 Å². The fourth-order valence-corrected chi connectivity index (χ4v) is 3.80. The number of hydrogen-bond donors (Lipinski definition) is 2. The molecule has 31 heavy (non-hydrogen) atoms. The molecule has 1 fully saturated rings. The van der Waals surface area contributed by atoms with E-state index >= 15 is 0 Å². The van der Waals surface area contributed by atoms with Crippen LogP contribution in [0.3, 0.4) is 0 Å². The molecule has 1 saturated heterocycles. The molecule has 1 aliphatic rings. The number of guanidine groups is 1. The highest BCUT2D eigenvalue weighted by molar-refractivity contribution is 5.80. The van der Waals surface area contributed by atoms with E-state index in [1.54, 1.807) is 7.11 Å². The van der Waals surface area contributed by atoms with Crippen LogP contribution in [0.4, 0.5) is 0 Å². The van der Waals surface area contributed by atoms with E-state index in [1.165, 1.54) is 5.56 Å². The molecule has 1 heterocycles. The minimum atomic E-state index is -0.154. The van der Waals surface area contributed by atoms with Crippen molar-refractivity contribution in [2.75, 3.05) is 40.4 Å². The Kier molecular flexibility index (Phi) is 8.15. The van der Waals surface area contributed by atoms with Crippen molar-refractivity contribution in [1.82, 2.24) is 15.5 Å². The van der Waals surface area contributed by atoms with Gasteiger partial charge in [-0.2, -0.15) is 0 Å². The van der Waals surface area contributed by atoms with Gasteiger partial charge in [0.1, 0.15) is 0 Å². The van der Waals surface area contributed by atoms with E-state index in [4.69, 9.17) is 9.47 Å². The van der Waals surface area contributed by atoms with Crippen molar-refractivity contribution in [3.8, 4) is 11.5 Å². The van der Waals surface area contributed by atoms with Gasteiger partial charge in [-0.05, 0) is 36.6 Å². The van der Waals surface area contributed by atoms with Gasteiger partial charge in [-0.1, -0.05) is 36.4 Å². The number of likely N-dealkylation sites (N-methyl/N-ethyl adjacent to an activating group) is 1. The summed E-state index contributed by atoms with van der Waals surface area (Å²) in [5.41, 5.74) is 2.43. The Morgan fingerprint density at radius 2 is 1.97 bits per heavy atom. The molecule has 1 atom stereocenters. The SMILES string of the molecule is CCNC(=O)COc1ccc(CNC(=NC)N2CCC(c3ccccc3)C2)cc1OC. The Hall–Kier alpha value is -3.22. The molecule has 0 aliphatic carbocycles. The van der Waals surface area contributed by atoms with E-state index in [0.29, 0.717) is 30.5 Å². The van der Waals surface area contributed by atoms with Crippen molar-refractivity contribution >= 4 is 11.9 Å². The average Bonchev–Trinajstić information content (AvgIpc) is 3.29. The second kappa shape index (κ2) is 11.2. The van der Waals surface area contributed by atoms with Gasteiger partial charge in [-0.3, -0.25) is 9.79 Å². The molecule has 2 aromatic rings. The Morgan fingerprint density at radius 3 is 2.68 bits per heavy atom. The highest BCUT2D eigenvalue weighted by Gasteiger charge is 2.25. The molecule has 0 radical (unpaired) electrons. The third-order valence-electron chi connectivity index (χ3n) is 5.38. The normalized spacial score (nSPS) is 16.2. The number of carbonyl (C=O) groups is 1. The number of carbonyl (C=O) groups excluding carboxylic acids is 1. The van der Waals surface area contributed by atoms with Crippen molar-refractivity contribution in [1.29, 1.82) is 0 Å². The molecule has 2 aromatic carbocycles. The summed E-state index contributed by atoms with van der Waals surface area (Å²) in [6.07, 6.45) is 1.12. The quantitative estimate of drug-likeness (QED) is 0.504. The summed E-state index contributed by atoms with van der Waals surface area (Å²) in [7, 11) is 3.41. The maximum absolute atomic E-state index is 11.6. The summed E-state index contributed by atoms with van der Waals surface area (Å²) in [4.78, 5) is 18.4. The van der Waals surface area contributed by atoms with Crippen LogP contribution in [0.5, 0.6) is 11.5 Å². The molecule has 2 N–H and O–H groups in total. The molecule has 7 heteroatoms. The third kappa shape index (κ3) is 6.13. The molecule has 1 aliphatic heterocycles. The lowest BCUT2D eigenvalue weighted by Gasteiger charge is -2.22. The largest absolute Gasteiger partial charge is 0.493 e. The number of methoxy groups -OCH3 is 1. The minimum Gasteiger partial charge on any atom is -0.493 e. The van der Waals surface area contributed by atoms with Crippen LogP contribution < -0.4 is 20.1 Å². The summed E-state index contributed by atoms with van der Waals surface area (Å²) >= 11 is 0. The zero-order valence-electron chi connectivity index (χ0n) is 18.6. The number of hydrogen-bond acceptors (Lipinski definition) is 4. The summed E-state index contributed by atoms with van der Waals surface area (Å²) in [6, 6.07) is 16.4. The summed E-state index contributed by atoms with van der Waals surface area (Å²) < 4.78 is 11.0. The molecule has 1 amide bonds. The van der Waals surface area contributed by atoms with Gasteiger partial charge in [0.05, 0.1) is 7.11 Å². The van der Waals surface area contributed by atoms with Crippen LogP contribution in [-0.4, -0.2) is 57.2 Å². The average molecular weight is 425 g/mol. The highest BCUT2D eigenvalue weighted by atomic mass is 16.5. The number of nitrogens with zero attached hydrogens (tertiary/aromatic N) is 2. The van der Waals surface area contributed by atoms with Crippen molar-refractivity contribution in [3.05, 3.63) is 59.7 Å². The van der Waals surface area contributed by atoms with Gasteiger partial charge in [0, 0.05) is 39.1 Å². The van der Waals surface area contributed by atoms with E-state index in [1.807, 2.05) is 32.2 Å². The lowest BCUT2D eigenvalue weighted by molar-refractivity contribution is -0.123. The van der Waals surface area contributed by atoms with Crippen LogP contribution >= 0.6 is 0 Å². The standard InChI is InChI=1S/C24H32N4O3/c1-4-26-23(29)17-31-21-11-10-18(14-22(21)30-3)15-27-24(25-2)28-13-12-20(16-28)19-8-6-5-7-9-19/h5-11,14,20H,4,12-13,15-17H2,1-3H3,(H,25,27)(H,26,29). The van der Waals surface area contributed by atoms with E-state index in [2.05, 4.69) is 50.9 Å². The second-order valence-electron chi connectivity index (χ2n) is 7.47. The van der Waals surface area contributed by atoms with E-state index < -0.39 is 0 Å².